The molecule has 2 N–H and O–H groups in total. The van der Waals surface area contributed by atoms with Crippen LogP contribution in [0.4, 0.5) is 5.00 Å². The summed E-state index contributed by atoms with van der Waals surface area (Å²) in [6, 6.07) is 4.89. The zero-order valence-electron chi connectivity index (χ0n) is 17.3. The van der Waals surface area contributed by atoms with Crippen molar-refractivity contribution in [3.8, 4) is 0 Å². The highest BCUT2D eigenvalue weighted by molar-refractivity contribution is 7.17. The Hall–Kier alpha value is -2.93. The van der Waals surface area contributed by atoms with Crippen molar-refractivity contribution < 1.29 is 14.0 Å². The minimum absolute atomic E-state index is 0.0623. The second-order valence-electron chi connectivity index (χ2n) is 7.66. The minimum atomic E-state index is -0.530. The van der Waals surface area contributed by atoms with E-state index in [9.17, 15) is 14.4 Å². The van der Waals surface area contributed by atoms with Gasteiger partial charge >= 0.3 is 0 Å². The number of amides is 2. The molecule has 2 heterocycles. The summed E-state index contributed by atoms with van der Waals surface area (Å²) in [5.74, 6) is -0.774. The van der Waals surface area contributed by atoms with Crippen LogP contribution in [0.3, 0.4) is 0 Å². The number of aryl methyl sites for hydroxylation is 3. The van der Waals surface area contributed by atoms with Crippen LogP contribution in [0, 0.1) is 13.8 Å². The van der Waals surface area contributed by atoms with Crippen LogP contribution < -0.4 is 16.1 Å². The van der Waals surface area contributed by atoms with E-state index in [1.165, 1.54) is 17.4 Å². The lowest BCUT2D eigenvalue weighted by molar-refractivity contribution is 0.0956. The van der Waals surface area contributed by atoms with Gasteiger partial charge in [-0.15, -0.1) is 11.3 Å². The fourth-order valence-corrected chi connectivity index (χ4v) is 5.31. The zero-order chi connectivity index (χ0) is 21.4. The molecule has 6 nitrogen and oxygen atoms in total. The second kappa shape index (κ2) is 8.07. The Morgan fingerprint density at radius 3 is 2.63 bits per heavy atom. The summed E-state index contributed by atoms with van der Waals surface area (Å²) in [5, 5.41) is 6.64. The molecule has 3 aromatic rings. The number of fused-ring (bicyclic) bond motifs is 2. The number of hydrogen-bond acceptors (Lipinski definition) is 5. The molecule has 0 spiro atoms. The van der Waals surface area contributed by atoms with Crippen LogP contribution in [-0.4, -0.2) is 18.4 Å². The van der Waals surface area contributed by atoms with E-state index >= 15 is 0 Å². The first-order valence-electron chi connectivity index (χ1n) is 10.2. The van der Waals surface area contributed by atoms with Gasteiger partial charge in [0.05, 0.1) is 10.9 Å². The molecule has 0 bridgehead atoms. The molecule has 30 heavy (non-hydrogen) atoms. The predicted octanol–water partition coefficient (Wildman–Crippen LogP) is 4.35. The molecule has 0 fully saturated rings. The molecule has 4 rings (SSSR count). The topological polar surface area (TPSA) is 88.4 Å². The van der Waals surface area contributed by atoms with E-state index < -0.39 is 5.91 Å². The Kier molecular flexibility index (Phi) is 5.47. The van der Waals surface area contributed by atoms with E-state index in [-0.39, 0.29) is 17.1 Å². The lowest BCUT2D eigenvalue weighted by Gasteiger charge is -2.12. The summed E-state index contributed by atoms with van der Waals surface area (Å²) in [6.45, 7) is 6.13. The van der Waals surface area contributed by atoms with Gasteiger partial charge in [0, 0.05) is 17.5 Å². The van der Waals surface area contributed by atoms with Gasteiger partial charge in [-0.25, -0.2) is 0 Å². The first kappa shape index (κ1) is 20.3. The number of carbonyl (C=O) groups is 2. The van der Waals surface area contributed by atoms with E-state index in [4.69, 9.17) is 4.42 Å². The van der Waals surface area contributed by atoms with Gasteiger partial charge in [-0.2, -0.15) is 0 Å². The largest absolute Gasteiger partial charge is 0.450 e. The van der Waals surface area contributed by atoms with Crippen LogP contribution in [-0.2, 0) is 12.8 Å². The van der Waals surface area contributed by atoms with Crippen molar-refractivity contribution in [2.75, 3.05) is 11.9 Å². The van der Waals surface area contributed by atoms with E-state index in [0.29, 0.717) is 28.1 Å². The Bertz CT molecular complexity index is 1220. The Labute approximate surface area is 178 Å². The molecular weight excluding hydrogens is 400 g/mol. The highest BCUT2D eigenvalue weighted by Crippen LogP contribution is 2.38. The Morgan fingerprint density at radius 1 is 1.10 bits per heavy atom. The quantitative estimate of drug-likeness (QED) is 0.652. The maximum Gasteiger partial charge on any atom is 0.292 e. The summed E-state index contributed by atoms with van der Waals surface area (Å²) < 4.78 is 5.80. The van der Waals surface area contributed by atoms with Gasteiger partial charge in [0.2, 0.25) is 0 Å². The van der Waals surface area contributed by atoms with Gasteiger partial charge in [-0.3, -0.25) is 14.4 Å². The molecule has 7 heteroatoms. The number of anilines is 1. The lowest BCUT2D eigenvalue weighted by atomic mass is 9.95. The lowest BCUT2D eigenvalue weighted by Crippen LogP contribution is -2.25. The second-order valence-corrected chi connectivity index (χ2v) is 8.77. The Balaban J connectivity index is 1.73. The van der Waals surface area contributed by atoms with E-state index in [2.05, 4.69) is 10.6 Å². The first-order valence-corrected chi connectivity index (χ1v) is 11.0. The van der Waals surface area contributed by atoms with Crippen LogP contribution in [0.2, 0.25) is 0 Å². The highest BCUT2D eigenvalue weighted by Gasteiger charge is 2.27. The molecule has 1 aliphatic rings. The van der Waals surface area contributed by atoms with Crippen molar-refractivity contribution in [1.82, 2.24) is 5.32 Å². The number of benzene rings is 1. The third-order valence-electron chi connectivity index (χ3n) is 5.35. The number of thiophene rings is 1. The molecule has 156 valence electrons. The number of nitrogens with one attached hydrogen (secondary N) is 2. The average molecular weight is 425 g/mol. The number of hydrogen-bond donors (Lipinski definition) is 2. The number of carbonyl (C=O) groups excluding carboxylic acids is 2. The van der Waals surface area contributed by atoms with Crippen LogP contribution in [0.5, 0.6) is 0 Å². The van der Waals surface area contributed by atoms with Gasteiger partial charge in [0.15, 0.2) is 11.2 Å². The third kappa shape index (κ3) is 3.65. The van der Waals surface area contributed by atoms with Crippen LogP contribution in [0.1, 0.15) is 62.2 Å². The van der Waals surface area contributed by atoms with Gasteiger partial charge < -0.3 is 15.1 Å². The van der Waals surface area contributed by atoms with E-state index in [1.54, 1.807) is 6.07 Å². The molecule has 1 aliphatic carbocycles. The van der Waals surface area contributed by atoms with Crippen molar-refractivity contribution in [3.63, 3.8) is 0 Å². The minimum Gasteiger partial charge on any atom is -0.450 e. The van der Waals surface area contributed by atoms with Crippen LogP contribution in [0.15, 0.2) is 27.4 Å². The van der Waals surface area contributed by atoms with Crippen molar-refractivity contribution in [2.24, 2.45) is 0 Å². The van der Waals surface area contributed by atoms with E-state index in [0.717, 1.165) is 47.3 Å². The zero-order valence-corrected chi connectivity index (χ0v) is 18.1. The normalized spacial score (nSPS) is 13.2. The predicted molar refractivity (Wildman–Crippen MR) is 119 cm³/mol. The van der Waals surface area contributed by atoms with Gasteiger partial charge in [0.25, 0.3) is 11.8 Å². The van der Waals surface area contributed by atoms with Crippen molar-refractivity contribution in [2.45, 2.75) is 46.5 Å². The molecule has 1 aromatic carbocycles. The standard InChI is InChI=1S/C23H24N2O4S/c1-4-24-22(28)19-14-7-5-6-8-18(14)30-23(19)25-21(27)17-11-16(26)15-10-12(2)9-13(3)20(15)29-17/h9-11H,4-8H2,1-3H3,(H,24,28)(H,25,27). The molecule has 2 amide bonds. The molecular formula is C23H24N2O4S. The summed E-state index contributed by atoms with van der Waals surface area (Å²) in [5.41, 5.74) is 3.47. The SMILES string of the molecule is CCNC(=O)c1c(NC(=O)c2cc(=O)c3cc(C)cc(C)c3o2)sc2c1CCCC2. The van der Waals surface area contributed by atoms with Crippen molar-refractivity contribution in [1.29, 1.82) is 0 Å². The van der Waals surface area contributed by atoms with E-state index in [1.807, 2.05) is 26.8 Å². The summed E-state index contributed by atoms with van der Waals surface area (Å²) in [6.07, 6.45) is 3.85. The summed E-state index contributed by atoms with van der Waals surface area (Å²) >= 11 is 1.44. The molecule has 2 aromatic heterocycles. The van der Waals surface area contributed by atoms with Gasteiger partial charge in [-0.1, -0.05) is 6.07 Å². The van der Waals surface area contributed by atoms with Gasteiger partial charge in [-0.05, 0) is 69.2 Å². The smallest absolute Gasteiger partial charge is 0.292 e. The maximum absolute atomic E-state index is 13.0. The summed E-state index contributed by atoms with van der Waals surface area (Å²) in [4.78, 5) is 39.4. The average Bonchev–Trinajstić information content (AvgIpc) is 3.06. The van der Waals surface area contributed by atoms with Crippen LogP contribution >= 0.6 is 11.3 Å². The molecule has 0 radical (unpaired) electrons. The van der Waals surface area contributed by atoms with Crippen molar-refractivity contribution in [3.05, 3.63) is 61.3 Å². The molecule has 0 aliphatic heterocycles. The molecule has 0 unspecified atom stereocenters. The van der Waals surface area contributed by atoms with Gasteiger partial charge in [0.1, 0.15) is 10.6 Å². The molecule has 0 saturated carbocycles. The summed E-state index contributed by atoms with van der Waals surface area (Å²) in [7, 11) is 0. The fourth-order valence-electron chi connectivity index (χ4n) is 4.03. The number of rotatable bonds is 4. The molecule has 0 atom stereocenters. The van der Waals surface area contributed by atoms with Crippen LogP contribution in [0.25, 0.3) is 11.0 Å². The Morgan fingerprint density at radius 2 is 1.87 bits per heavy atom. The molecule has 0 saturated heterocycles. The highest BCUT2D eigenvalue weighted by atomic mass is 32.1. The third-order valence-corrected chi connectivity index (χ3v) is 6.55. The first-order chi connectivity index (χ1) is 14.4. The van der Waals surface area contributed by atoms with Crippen molar-refractivity contribution >= 4 is 39.1 Å². The maximum atomic E-state index is 13.0. The monoisotopic (exact) mass is 424 g/mol. The fraction of sp³-hybridized carbons (Fsp3) is 0.348.